The molecule has 3 aromatic heterocycles. The Hall–Kier alpha value is -3.30. The third-order valence-electron chi connectivity index (χ3n) is 3.19. The second-order valence-corrected chi connectivity index (χ2v) is 4.95. The summed E-state index contributed by atoms with van der Waals surface area (Å²) in [5.74, 6) is -0.231. The van der Waals surface area contributed by atoms with Crippen LogP contribution in [-0.2, 0) is 12.7 Å². The van der Waals surface area contributed by atoms with Crippen LogP contribution in [0.2, 0.25) is 0 Å². The van der Waals surface area contributed by atoms with E-state index >= 15 is 0 Å². The Bertz CT molecular complexity index is 878. The smallest absolute Gasteiger partial charge is 0.345 e. The molecule has 3 rings (SSSR count). The van der Waals surface area contributed by atoms with Crippen LogP contribution in [0.1, 0.15) is 21.7 Å². The fourth-order valence-electron chi connectivity index (χ4n) is 2.04. The molecule has 0 radical (unpaired) electrons. The predicted molar refractivity (Wildman–Crippen MR) is 79.6 cm³/mol. The molecule has 25 heavy (non-hydrogen) atoms. The molecule has 0 aliphatic heterocycles. The minimum absolute atomic E-state index is 0.0290. The van der Waals surface area contributed by atoms with Gasteiger partial charge < -0.3 is 5.32 Å². The van der Waals surface area contributed by atoms with E-state index in [9.17, 15) is 18.0 Å². The topological polar surface area (TPSA) is 85.6 Å². The molecule has 7 nitrogen and oxygen atoms in total. The van der Waals surface area contributed by atoms with E-state index in [4.69, 9.17) is 0 Å². The number of pyridine rings is 2. The number of hydrogen-bond acceptors (Lipinski definition) is 5. The minimum atomic E-state index is -4.49. The fraction of sp³-hybridized carbons (Fsp3) is 0.133. The molecule has 0 saturated carbocycles. The van der Waals surface area contributed by atoms with Gasteiger partial charge in [-0.05, 0) is 23.8 Å². The molecular weight excluding hydrogens is 337 g/mol. The number of carbonyl (C=O) groups excluding carboxylic acids is 1. The lowest BCUT2D eigenvalue weighted by Crippen LogP contribution is -2.26. The SMILES string of the molecule is O=C(NCc1cncc(C(F)(F)F)c1)c1ncnn1-c1ccccn1. The van der Waals surface area contributed by atoms with Crippen molar-refractivity contribution in [2.45, 2.75) is 12.7 Å². The molecule has 0 unspecified atom stereocenters. The normalized spacial score (nSPS) is 11.3. The summed E-state index contributed by atoms with van der Waals surface area (Å²) in [4.78, 5) is 23.7. The number of aromatic nitrogens is 5. The first-order valence-corrected chi connectivity index (χ1v) is 7.06. The van der Waals surface area contributed by atoms with Crippen LogP contribution in [0.25, 0.3) is 5.82 Å². The van der Waals surface area contributed by atoms with Crippen molar-refractivity contribution in [2.24, 2.45) is 0 Å². The van der Waals surface area contributed by atoms with Crippen LogP contribution in [0.5, 0.6) is 0 Å². The molecule has 0 aliphatic carbocycles. The van der Waals surface area contributed by atoms with Crippen molar-refractivity contribution in [3.63, 3.8) is 0 Å². The van der Waals surface area contributed by atoms with E-state index in [2.05, 4.69) is 25.4 Å². The number of hydrogen-bond donors (Lipinski definition) is 1. The lowest BCUT2D eigenvalue weighted by Gasteiger charge is -2.09. The molecule has 128 valence electrons. The van der Waals surface area contributed by atoms with Crippen molar-refractivity contribution in [1.82, 2.24) is 30.0 Å². The monoisotopic (exact) mass is 348 g/mol. The molecule has 0 aromatic carbocycles. The summed E-state index contributed by atoms with van der Waals surface area (Å²) in [6.45, 7) is -0.134. The average molecular weight is 348 g/mol. The Morgan fingerprint density at radius 3 is 2.76 bits per heavy atom. The Morgan fingerprint density at radius 1 is 1.20 bits per heavy atom. The van der Waals surface area contributed by atoms with E-state index in [1.54, 1.807) is 18.2 Å². The third-order valence-corrected chi connectivity index (χ3v) is 3.19. The van der Waals surface area contributed by atoms with Gasteiger partial charge in [-0.15, -0.1) is 0 Å². The molecule has 3 aromatic rings. The van der Waals surface area contributed by atoms with Gasteiger partial charge in [0.2, 0.25) is 5.82 Å². The Balaban J connectivity index is 1.74. The molecule has 0 aliphatic rings. The Labute approximate surface area is 139 Å². The number of alkyl halides is 3. The van der Waals surface area contributed by atoms with Crippen LogP contribution in [0.3, 0.4) is 0 Å². The van der Waals surface area contributed by atoms with Gasteiger partial charge in [-0.3, -0.25) is 9.78 Å². The van der Waals surface area contributed by atoms with Crippen LogP contribution in [0.4, 0.5) is 13.2 Å². The van der Waals surface area contributed by atoms with Crippen LogP contribution < -0.4 is 5.32 Å². The van der Waals surface area contributed by atoms with Crippen molar-refractivity contribution >= 4 is 5.91 Å². The summed E-state index contributed by atoms with van der Waals surface area (Å²) in [5, 5.41) is 6.42. The predicted octanol–water partition coefficient (Wildman–Crippen LogP) is 2.01. The van der Waals surface area contributed by atoms with E-state index in [1.165, 1.54) is 23.4 Å². The summed E-state index contributed by atoms with van der Waals surface area (Å²) >= 11 is 0. The largest absolute Gasteiger partial charge is 0.417 e. The van der Waals surface area contributed by atoms with Crippen LogP contribution in [0.15, 0.2) is 49.2 Å². The first-order valence-electron chi connectivity index (χ1n) is 7.06. The maximum atomic E-state index is 12.7. The lowest BCUT2D eigenvalue weighted by molar-refractivity contribution is -0.137. The Kier molecular flexibility index (Phi) is 4.42. The molecule has 1 N–H and O–H groups in total. The Morgan fingerprint density at radius 2 is 2.04 bits per heavy atom. The number of carbonyl (C=O) groups is 1. The second kappa shape index (κ2) is 6.67. The second-order valence-electron chi connectivity index (χ2n) is 4.95. The zero-order valence-corrected chi connectivity index (χ0v) is 12.6. The minimum Gasteiger partial charge on any atom is -0.345 e. The van der Waals surface area contributed by atoms with Gasteiger partial charge in [0.15, 0.2) is 5.82 Å². The highest BCUT2D eigenvalue weighted by Crippen LogP contribution is 2.28. The highest BCUT2D eigenvalue weighted by molar-refractivity contribution is 5.91. The highest BCUT2D eigenvalue weighted by atomic mass is 19.4. The number of halogens is 3. The standard InChI is InChI=1S/C15H11F3N6O/c16-15(17,18)11-5-10(6-19-8-11)7-21-14(25)13-22-9-23-24(13)12-3-1-2-4-20-12/h1-6,8-9H,7H2,(H,21,25). The van der Waals surface area contributed by atoms with Gasteiger partial charge >= 0.3 is 6.18 Å². The zero-order chi connectivity index (χ0) is 17.9. The van der Waals surface area contributed by atoms with Crippen LogP contribution >= 0.6 is 0 Å². The van der Waals surface area contributed by atoms with Gasteiger partial charge in [-0.2, -0.15) is 23.0 Å². The number of rotatable bonds is 4. The third kappa shape index (κ3) is 3.79. The van der Waals surface area contributed by atoms with Gasteiger partial charge in [0.1, 0.15) is 6.33 Å². The van der Waals surface area contributed by atoms with Crippen molar-refractivity contribution in [3.05, 3.63) is 66.1 Å². The highest BCUT2D eigenvalue weighted by Gasteiger charge is 2.31. The molecule has 3 heterocycles. The summed E-state index contributed by atoms with van der Waals surface area (Å²) < 4.78 is 39.3. The van der Waals surface area contributed by atoms with Crippen LogP contribution in [0, 0.1) is 0 Å². The summed E-state index contributed by atoms with van der Waals surface area (Å²) in [6, 6.07) is 6.00. The van der Waals surface area contributed by atoms with Gasteiger partial charge in [0.25, 0.3) is 5.91 Å². The van der Waals surface area contributed by atoms with Crippen LogP contribution in [-0.4, -0.2) is 30.6 Å². The number of amides is 1. The van der Waals surface area contributed by atoms with Gasteiger partial charge in [0, 0.05) is 25.1 Å². The lowest BCUT2D eigenvalue weighted by atomic mass is 10.2. The maximum Gasteiger partial charge on any atom is 0.417 e. The fourth-order valence-corrected chi connectivity index (χ4v) is 2.04. The molecule has 0 atom stereocenters. The van der Waals surface area contributed by atoms with Gasteiger partial charge in [-0.25, -0.2) is 9.97 Å². The number of nitrogens with one attached hydrogen (secondary N) is 1. The van der Waals surface area contributed by atoms with Gasteiger partial charge in [-0.1, -0.05) is 6.07 Å². The maximum absolute atomic E-state index is 12.7. The molecule has 0 bridgehead atoms. The summed E-state index contributed by atoms with van der Waals surface area (Å²) in [6.07, 6.45) is 0.205. The first-order chi connectivity index (χ1) is 11.9. The molecule has 1 amide bonds. The van der Waals surface area contributed by atoms with Crippen molar-refractivity contribution in [3.8, 4) is 5.82 Å². The van der Waals surface area contributed by atoms with Crippen molar-refractivity contribution in [2.75, 3.05) is 0 Å². The quantitative estimate of drug-likeness (QED) is 0.779. The molecule has 0 spiro atoms. The van der Waals surface area contributed by atoms with E-state index in [0.29, 0.717) is 5.82 Å². The summed E-state index contributed by atoms with van der Waals surface area (Å²) in [7, 11) is 0. The first kappa shape index (κ1) is 16.6. The van der Waals surface area contributed by atoms with Crippen molar-refractivity contribution < 1.29 is 18.0 Å². The van der Waals surface area contributed by atoms with E-state index in [1.807, 2.05) is 0 Å². The zero-order valence-electron chi connectivity index (χ0n) is 12.6. The van der Waals surface area contributed by atoms with Crippen molar-refractivity contribution in [1.29, 1.82) is 0 Å². The number of nitrogens with zero attached hydrogens (tertiary/aromatic N) is 5. The molecule has 10 heteroatoms. The van der Waals surface area contributed by atoms with E-state index in [0.717, 1.165) is 12.3 Å². The molecule has 0 saturated heterocycles. The van der Waals surface area contributed by atoms with E-state index in [-0.39, 0.29) is 17.9 Å². The summed E-state index contributed by atoms with van der Waals surface area (Å²) in [5.41, 5.74) is -0.664. The van der Waals surface area contributed by atoms with Gasteiger partial charge in [0.05, 0.1) is 5.56 Å². The van der Waals surface area contributed by atoms with E-state index < -0.39 is 17.6 Å². The average Bonchev–Trinajstić information content (AvgIpc) is 3.10. The molecular formula is C15H11F3N6O. The molecule has 0 fully saturated rings.